The van der Waals surface area contributed by atoms with Gasteiger partial charge in [-0.1, -0.05) is 42.5 Å². The predicted octanol–water partition coefficient (Wildman–Crippen LogP) is 4.02. The van der Waals surface area contributed by atoms with Crippen LogP contribution in [0.15, 0.2) is 83.8 Å². The molecule has 0 aromatic heterocycles. The molecule has 6 nitrogen and oxygen atoms in total. The molecule has 0 heterocycles. The molecule has 0 unspecified atom stereocenters. The van der Waals surface area contributed by atoms with Crippen LogP contribution in [0.5, 0.6) is 5.75 Å². The van der Waals surface area contributed by atoms with Crippen molar-refractivity contribution in [3.05, 3.63) is 90.0 Å². The number of para-hydroxylation sites is 2. The van der Waals surface area contributed by atoms with Crippen LogP contribution in [-0.4, -0.2) is 34.0 Å². The Balaban J connectivity index is 1.69. The first-order chi connectivity index (χ1) is 14.8. The highest BCUT2D eigenvalue weighted by atomic mass is 32.2. The van der Waals surface area contributed by atoms with E-state index in [9.17, 15) is 13.2 Å². The Labute approximate surface area is 183 Å². The zero-order valence-electron chi connectivity index (χ0n) is 17.8. The molecule has 7 heteroatoms. The van der Waals surface area contributed by atoms with E-state index < -0.39 is 10.0 Å². The molecule has 0 aliphatic rings. The molecule has 162 valence electrons. The number of anilines is 1. The highest BCUT2D eigenvalue weighted by Crippen LogP contribution is 2.22. The third kappa shape index (κ3) is 5.44. The maximum atomic E-state index is 13.0. The highest BCUT2D eigenvalue weighted by molar-refractivity contribution is 7.92. The third-order valence-corrected chi connectivity index (χ3v) is 6.62. The van der Waals surface area contributed by atoms with Crippen LogP contribution < -0.4 is 14.4 Å². The van der Waals surface area contributed by atoms with E-state index in [1.165, 1.54) is 23.5 Å². The Hall–Kier alpha value is -3.32. The number of carbonyl (C=O) groups is 1. The van der Waals surface area contributed by atoms with Gasteiger partial charge in [0.05, 0.1) is 16.6 Å². The Bertz CT molecular complexity index is 1150. The summed E-state index contributed by atoms with van der Waals surface area (Å²) in [5, 5.41) is 2.85. The van der Waals surface area contributed by atoms with Crippen molar-refractivity contribution in [1.29, 1.82) is 0 Å². The topological polar surface area (TPSA) is 75.7 Å². The summed E-state index contributed by atoms with van der Waals surface area (Å²) < 4.78 is 33.0. The maximum absolute atomic E-state index is 13.0. The van der Waals surface area contributed by atoms with E-state index in [1.807, 2.05) is 44.2 Å². The molecule has 1 amide bonds. The molecular formula is C24H26N2O4S. The van der Waals surface area contributed by atoms with Gasteiger partial charge in [0.15, 0.2) is 0 Å². The van der Waals surface area contributed by atoms with Gasteiger partial charge in [0.25, 0.3) is 15.9 Å². The number of sulfonamides is 1. The lowest BCUT2D eigenvalue weighted by atomic mass is 10.2. The lowest BCUT2D eigenvalue weighted by Gasteiger charge is -2.20. The fourth-order valence-corrected chi connectivity index (χ4v) is 4.26. The average Bonchev–Trinajstić information content (AvgIpc) is 2.78. The zero-order chi connectivity index (χ0) is 22.4. The van der Waals surface area contributed by atoms with Crippen LogP contribution in [0.25, 0.3) is 0 Å². The number of hydrogen-bond donors (Lipinski definition) is 1. The Morgan fingerprint density at radius 3 is 2.39 bits per heavy atom. The van der Waals surface area contributed by atoms with Gasteiger partial charge in [0.2, 0.25) is 0 Å². The van der Waals surface area contributed by atoms with Crippen LogP contribution in [0.4, 0.5) is 5.69 Å². The average molecular weight is 439 g/mol. The molecule has 1 N–H and O–H groups in total. The standard InChI is InChI=1S/C24H26N2O4S/c1-18-10-7-8-15-23(18)30-17-19(2)25-24(27)20-11-9-14-22(16-20)31(28,29)26(3)21-12-5-4-6-13-21/h4-16,19H,17H2,1-3H3,(H,25,27)/t19-/m0/s1. The quantitative estimate of drug-likeness (QED) is 0.576. The summed E-state index contributed by atoms with van der Waals surface area (Å²) >= 11 is 0. The van der Waals surface area contributed by atoms with Crippen molar-refractivity contribution in [2.45, 2.75) is 24.8 Å². The summed E-state index contributed by atoms with van der Waals surface area (Å²) in [5.74, 6) is 0.404. The normalized spacial score (nSPS) is 12.1. The van der Waals surface area contributed by atoms with Crippen molar-refractivity contribution in [2.75, 3.05) is 18.0 Å². The van der Waals surface area contributed by atoms with Crippen LogP contribution in [0.3, 0.4) is 0 Å². The molecule has 3 aromatic carbocycles. The Morgan fingerprint density at radius 2 is 1.68 bits per heavy atom. The van der Waals surface area contributed by atoms with Gasteiger partial charge >= 0.3 is 0 Å². The van der Waals surface area contributed by atoms with Crippen molar-refractivity contribution >= 4 is 21.6 Å². The summed E-state index contributed by atoms with van der Waals surface area (Å²) in [7, 11) is -2.31. The van der Waals surface area contributed by atoms with E-state index in [1.54, 1.807) is 36.4 Å². The van der Waals surface area contributed by atoms with E-state index in [0.717, 1.165) is 11.3 Å². The van der Waals surface area contributed by atoms with E-state index in [2.05, 4.69) is 5.32 Å². The van der Waals surface area contributed by atoms with Gasteiger partial charge in [-0.15, -0.1) is 0 Å². The van der Waals surface area contributed by atoms with Gasteiger partial charge in [-0.3, -0.25) is 9.10 Å². The number of aryl methyl sites for hydroxylation is 1. The zero-order valence-corrected chi connectivity index (χ0v) is 18.6. The molecule has 0 bridgehead atoms. The Morgan fingerprint density at radius 1 is 1.00 bits per heavy atom. The van der Waals surface area contributed by atoms with Crippen LogP contribution >= 0.6 is 0 Å². The fourth-order valence-electron chi connectivity index (χ4n) is 3.01. The van der Waals surface area contributed by atoms with Crippen LogP contribution in [0.1, 0.15) is 22.8 Å². The lowest BCUT2D eigenvalue weighted by molar-refractivity contribution is 0.0926. The first kappa shape index (κ1) is 22.4. The monoisotopic (exact) mass is 438 g/mol. The second kappa shape index (κ2) is 9.66. The summed E-state index contributed by atoms with van der Waals surface area (Å²) in [5.41, 5.74) is 1.83. The van der Waals surface area contributed by atoms with E-state index in [4.69, 9.17) is 4.74 Å². The fraction of sp³-hybridized carbons (Fsp3) is 0.208. The highest BCUT2D eigenvalue weighted by Gasteiger charge is 2.22. The number of carbonyl (C=O) groups excluding carboxylic acids is 1. The number of ether oxygens (including phenoxy) is 1. The van der Waals surface area contributed by atoms with Crippen LogP contribution in [0, 0.1) is 6.92 Å². The molecule has 0 saturated heterocycles. The van der Waals surface area contributed by atoms with E-state index in [0.29, 0.717) is 12.3 Å². The van der Waals surface area contributed by atoms with Crippen molar-refractivity contribution in [3.8, 4) is 5.75 Å². The molecule has 0 radical (unpaired) electrons. The molecule has 0 aliphatic heterocycles. The molecule has 3 rings (SSSR count). The lowest BCUT2D eigenvalue weighted by Crippen LogP contribution is -2.37. The second-order valence-electron chi connectivity index (χ2n) is 7.29. The molecule has 0 fully saturated rings. The third-order valence-electron chi connectivity index (χ3n) is 4.83. The minimum absolute atomic E-state index is 0.0512. The number of hydrogen-bond acceptors (Lipinski definition) is 4. The van der Waals surface area contributed by atoms with E-state index >= 15 is 0 Å². The minimum Gasteiger partial charge on any atom is -0.491 e. The molecule has 0 spiro atoms. The van der Waals surface area contributed by atoms with Crippen LogP contribution in [-0.2, 0) is 10.0 Å². The molecular weight excluding hydrogens is 412 g/mol. The van der Waals surface area contributed by atoms with Crippen molar-refractivity contribution in [1.82, 2.24) is 5.32 Å². The first-order valence-corrected chi connectivity index (χ1v) is 11.4. The SMILES string of the molecule is Cc1ccccc1OC[C@H](C)NC(=O)c1cccc(S(=O)(=O)N(C)c2ccccc2)c1. The van der Waals surface area contributed by atoms with Crippen molar-refractivity contribution in [2.24, 2.45) is 0 Å². The van der Waals surface area contributed by atoms with Gasteiger partial charge in [-0.25, -0.2) is 8.42 Å². The van der Waals surface area contributed by atoms with Gasteiger partial charge < -0.3 is 10.1 Å². The smallest absolute Gasteiger partial charge is 0.264 e. The van der Waals surface area contributed by atoms with Gasteiger partial charge in [0.1, 0.15) is 12.4 Å². The van der Waals surface area contributed by atoms with Gasteiger partial charge in [0, 0.05) is 12.6 Å². The number of nitrogens with zero attached hydrogens (tertiary/aromatic N) is 1. The molecule has 31 heavy (non-hydrogen) atoms. The molecule has 0 saturated carbocycles. The second-order valence-corrected chi connectivity index (χ2v) is 9.26. The van der Waals surface area contributed by atoms with Crippen molar-refractivity contribution in [3.63, 3.8) is 0 Å². The number of nitrogens with one attached hydrogen (secondary N) is 1. The largest absolute Gasteiger partial charge is 0.491 e. The summed E-state index contributed by atoms with van der Waals surface area (Å²) in [6.07, 6.45) is 0. The number of rotatable bonds is 8. The minimum atomic E-state index is -3.80. The van der Waals surface area contributed by atoms with Crippen molar-refractivity contribution < 1.29 is 17.9 Å². The summed E-state index contributed by atoms with van der Waals surface area (Å²) in [4.78, 5) is 12.7. The molecule has 3 aromatic rings. The van der Waals surface area contributed by atoms with E-state index in [-0.39, 0.29) is 22.4 Å². The number of amides is 1. The predicted molar refractivity (Wildman–Crippen MR) is 122 cm³/mol. The van der Waals surface area contributed by atoms with Crippen LogP contribution in [0.2, 0.25) is 0 Å². The summed E-state index contributed by atoms with van der Waals surface area (Å²) in [6, 6.07) is 22.2. The van der Waals surface area contributed by atoms with Gasteiger partial charge in [-0.05, 0) is 55.8 Å². The summed E-state index contributed by atoms with van der Waals surface area (Å²) in [6.45, 7) is 4.09. The molecule has 0 aliphatic carbocycles. The maximum Gasteiger partial charge on any atom is 0.264 e. The molecule has 1 atom stereocenters. The Kier molecular flexibility index (Phi) is 6.97. The van der Waals surface area contributed by atoms with Gasteiger partial charge in [-0.2, -0.15) is 0 Å². The number of benzene rings is 3. The first-order valence-electron chi connectivity index (χ1n) is 9.92.